The van der Waals surface area contributed by atoms with Crippen LogP contribution in [0.5, 0.6) is 0 Å². The number of fused-ring (bicyclic) bond motifs is 2. The van der Waals surface area contributed by atoms with Crippen LogP contribution in [0.4, 0.5) is 4.79 Å². The SMILES string of the molecule is CCC(C)OC(=O)N1C[C@@H]2C[C@H]1CN2CCC(=O)N1CCN(C(=O)c2cc(C)cc(C)c2)CC1c1ccc(Cl)c(Cl)c1. The van der Waals surface area contributed by atoms with E-state index in [0.29, 0.717) is 54.8 Å². The van der Waals surface area contributed by atoms with Crippen molar-refractivity contribution in [2.45, 2.75) is 71.2 Å². The molecule has 0 aromatic heterocycles. The number of aryl methyl sites for hydroxylation is 2. The number of halogens is 2. The molecule has 8 nitrogen and oxygen atoms in total. The second-order valence-electron chi connectivity index (χ2n) is 11.9. The van der Waals surface area contributed by atoms with Crippen LogP contribution in [0, 0.1) is 13.8 Å². The fraction of sp³-hybridized carbons (Fsp3) is 0.531. The van der Waals surface area contributed by atoms with Gasteiger partial charge < -0.3 is 19.4 Å². The highest BCUT2D eigenvalue weighted by Crippen LogP contribution is 2.34. The molecule has 10 heteroatoms. The normalized spacial score (nSPS) is 22.9. The van der Waals surface area contributed by atoms with E-state index < -0.39 is 0 Å². The molecule has 3 heterocycles. The topological polar surface area (TPSA) is 73.4 Å². The number of amides is 3. The average Bonchev–Trinajstić information content (AvgIpc) is 3.57. The van der Waals surface area contributed by atoms with Crippen molar-refractivity contribution in [2.75, 3.05) is 39.3 Å². The molecule has 3 saturated heterocycles. The smallest absolute Gasteiger partial charge is 0.410 e. The zero-order valence-corrected chi connectivity index (χ0v) is 26.3. The lowest BCUT2D eigenvalue weighted by molar-refractivity contribution is -0.136. The summed E-state index contributed by atoms with van der Waals surface area (Å²) in [5.41, 5.74) is 3.59. The van der Waals surface area contributed by atoms with Gasteiger partial charge in [0.2, 0.25) is 5.91 Å². The number of hydrogen-bond donors (Lipinski definition) is 0. The van der Waals surface area contributed by atoms with E-state index in [1.165, 1.54) is 0 Å². The van der Waals surface area contributed by atoms with Crippen molar-refractivity contribution in [3.63, 3.8) is 0 Å². The predicted octanol–water partition coefficient (Wildman–Crippen LogP) is 5.72. The summed E-state index contributed by atoms with van der Waals surface area (Å²) in [7, 11) is 0. The molecule has 0 spiro atoms. The van der Waals surface area contributed by atoms with Gasteiger partial charge in [-0.15, -0.1) is 0 Å². The maximum Gasteiger partial charge on any atom is 0.410 e. The Labute approximate surface area is 258 Å². The van der Waals surface area contributed by atoms with Crippen LogP contribution in [0.1, 0.15) is 66.2 Å². The number of ether oxygens (including phenoxy) is 1. The number of nitrogens with zero attached hydrogens (tertiary/aromatic N) is 4. The van der Waals surface area contributed by atoms with Crippen LogP contribution < -0.4 is 0 Å². The molecule has 2 bridgehead atoms. The lowest BCUT2D eigenvalue weighted by Gasteiger charge is -2.42. The third-order valence-electron chi connectivity index (χ3n) is 8.86. The van der Waals surface area contributed by atoms with Gasteiger partial charge >= 0.3 is 6.09 Å². The summed E-state index contributed by atoms with van der Waals surface area (Å²) >= 11 is 12.6. The van der Waals surface area contributed by atoms with Gasteiger partial charge in [0.05, 0.1) is 16.1 Å². The van der Waals surface area contributed by atoms with Crippen molar-refractivity contribution in [3.8, 4) is 0 Å². The van der Waals surface area contributed by atoms with Gasteiger partial charge in [-0.2, -0.15) is 0 Å². The van der Waals surface area contributed by atoms with Crippen molar-refractivity contribution < 1.29 is 19.1 Å². The molecule has 5 rings (SSSR count). The number of benzene rings is 2. The van der Waals surface area contributed by atoms with Crippen molar-refractivity contribution >= 4 is 41.1 Å². The standard InChI is InChI=1S/C32H40Cl2N4O4/c1-5-22(4)42-32(41)38-18-25-16-26(38)17-35(25)9-8-30(39)37-11-10-36(31(40)24-13-20(2)12-21(3)14-24)19-29(37)23-6-7-27(33)28(34)15-23/h6-7,12-15,22,25-26,29H,5,8-11,16-19H2,1-4H3/t22?,25-,26-,29?/m0/s1. The fourth-order valence-electron chi connectivity index (χ4n) is 6.50. The molecule has 3 aliphatic heterocycles. The second-order valence-corrected chi connectivity index (χ2v) is 12.8. The van der Waals surface area contributed by atoms with E-state index in [0.717, 1.165) is 36.1 Å². The van der Waals surface area contributed by atoms with E-state index >= 15 is 0 Å². The Morgan fingerprint density at radius 1 is 0.929 bits per heavy atom. The van der Waals surface area contributed by atoms with Gasteiger partial charge in [0, 0.05) is 63.3 Å². The second kappa shape index (κ2) is 12.8. The lowest BCUT2D eigenvalue weighted by Crippen LogP contribution is -2.53. The molecule has 0 aliphatic carbocycles. The molecule has 3 aliphatic rings. The van der Waals surface area contributed by atoms with Crippen molar-refractivity contribution in [2.24, 2.45) is 0 Å². The minimum atomic E-state index is -0.336. The minimum absolute atomic E-state index is 0.0385. The molecular formula is C32H40Cl2N4O4. The summed E-state index contributed by atoms with van der Waals surface area (Å²) in [6, 6.07) is 11.3. The molecule has 226 valence electrons. The first kappa shape index (κ1) is 30.6. The molecule has 3 amide bonds. The minimum Gasteiger partial charge on any atom is -0.446 e. The number of piperazine rings is 2. The highest BCUT2D eigenvalue weighted by molar-refractivity contribution is 6.42. The first-order valence-corrected chi connectivity index (χ1v) is 15.6. The Kier molecular flexibility index (Phi) is 9.35. The third-order valence-corrected chi connectivity index (χ3v) is 9.60. The summed E-state index contributed by atoms with van der Waals surface area (Å²) in [4.78, 5) is 47.7. The Bertz CT molecular complexity index is 1330. The van der Waals surface area contributed by atoms with Crippen LogP contribution >= 0.6 is 23.2 Å². The van der Waals surface area contributed by atoms with Crippen molar-refractivity contribution in [3.05, 3.63) is 68.7 Å². The summed E-state index contributed by atoms with van der Waals surface area (Å²) in [5.74, 6) is 0.00356. The van der Waals surface area contributed by atoms with Gasteiger partial charge in [-0.25, -0.2) is 4.79 Å². The lowest BCUT2D eigenvalue weighted by atomic mass is 10.00. The molecule has 4 atom stereocenters. The molecule has 42 heavy (non-hydrogen) atoms. The zero-order valence-electron chi connectivity index (χ0n) is 24.8. The van der Waals surface area contributed by atoms with Gasteiger partial charge in [-0.3, -0.25) is 14.5 Å². The number of likely N-dealkylation sites (tertiary alicyclic amines) is 2. The highest BCUT2D eigenvalue weighted by atomic mass is 35.5. The first-order chi connectivity index (χ1) is 20.0. The number of carbonyl (C=O) groups is 3. The van der Waals surface area contributed by atoms with E-state index in [1.54, 1.807) is 12.1 Å². The summed E-state index contributed by atoms with van der Waals surface area (Å²) in [6.45, 7) is 11.2. The molecule has 0 saturated carbocycles. The van der Waals surface area contributed by atoms with Gasteiger partial charge in [0.1, 0.15) is 6.10 Å². The Morgan fingerprint density at radius 3 is 2.31 bits per heavy atom. The van der Waals surface area contributed by atoms with E-state index in [-0.39, 0.29) is 42.1 Å². The Morgan fingerprint density at radius 2 is 1.67 bits per heavy atom. The van der Waals surface area contributed by atoms with Gasteiger partial charge in [-0.05, 0) is 63.4 Å². The predicted molar refractivity (Wildman–Crippen MR) is 164 cm³/mol. The van der Waals surface area contributed by atoms with E-state index in [9.17, 15) is 14.4 Å². The van der Waals surface area contributed by atoms with Gasteiger partial charge in [0.25, 0.3) is 5.91 Å². The number of rotatable bonds is 7. The average molecular weight is 616 g/mol. The molecule has 0 N–H and O–H groups in total. The quantitative estimate of drug-likeness (QED) is 0.399. The van der Waals surface area contributed by atoms with Gasteiger partial charge in [-0.1, -0.05) is 53.4 Å². The van der Waals surface area contributed by atoms with Crippen LogP contribution in [-0.4, -0.2) is 95.0 Å². The Hall–Kier alpha value is -2.81. The molecule has 2 aromatic rings. The molecule has 3 fully saturated rings. The monoisotopic (exact) mass is 614 g/mol. The Balaban J connectivity index is 1.25. The molecule has 2 unspecified atom stereocenters. The van der Waals surface area contributed by atoms with Crippen LogP contribution in [-0.2, 0) is 9.53 Å². The zero-order chi connectivity index (χ0) is 30.1. The maximum absolute atomic E-state index is 13.7. The third kappa shape index (κ3) is 6.56. The van der Waals surface area contributed by atoms with Crippen LogP contribution in [0.2, 0.25) is 10.0 Å². The molecular weight excluding hydrogens is 575 g/mol. The van der Waals surface area contributed by atoms with Crippen molar-refractivity contribution in [1.29, 1.82) is 0 Å². The molecule has 0 radical (unpaired) electrons. The van der Waals surface area contributed by atoms with E-state index in [4.69, 9.17) is 27.9 Å². The van der Waals surface area contributed by atoms with Crippen LogP contribution in [0.25, 0.3) is 0 Å². The van der Waals surface area contributed by atoms with Crippen LogP contribution in [0.3, 0.4) is 0 Å². The van der Waals surface area contributed by atoms with Crippen molar-refractivity contribution in [1.82, 2.24) is 19.6 Å². The van der Waals surface area contributed by atoms with Gasteiger partial charge in [0.15, 0.2) is 0 Å². The first-order valence-electron chi connectivity index (χ1n) is 14.9. The maximum atomic E-state index is 13.7. The fourth-order valence-corrected chi connectivity index (χ4v) is 6.81. The largest absolute Gasteiger partial charge is 0.446 e. The van der Waals surface area contributed by atoms with Crippen LogP contribution in [0.15, 0.2) is 36.4 Å². The number of hydrogen-bond acceptors (Lipinski definition) is 5. The number of carbonyl (C=O) groups excluding carboxylic acids is 3. The molecule has 2 aromatic carbocycles. The highest BCUT2D eigenvalue weighted by Gasteiger charge is 2.46. The summed E-state index contributed by atoms with van der Waals surface area (Å²) in [5, 5.41) is 0.868. The summed E-state index contributed by atoms with van der Waals surface area (Å²) in [6.07, 6.45) is 1.74. The summed E-state index contributed by atoms with van der Waals surface area (Å²) < 4.78 is 5.55. The van der Waals surface area contributed by atoms with E-state index in [1.807, 2.05) is 66.7 Å². The van der Waals surface area contributed by atoms with E-state index in [2.05, 4.69) is 4.90 Å².